The number of nitrogens with one attached hydrogen (secondary N) is 1. The van der Waals surface area contributed by atoms with Crippen LogP contribution in [-0.4, -0.2) is 28.0 Å². The summed E-state index contributed by atoms with van der Waals surface area (Å²) in [6.45, 7) is 1.28. The zero-order valence-electron chi connectivity index (χ0n) is 14.1. The second kappa shape index (κ2) is 7.92. The van der Waals surface area contributed by atoms with Gasteiger partial charge in [-0.25, -0.2) is 4.98 Å². The molecule has 2 heterocycles. The Labute approximate surface area is 153 Å². The topological polar surface area (TPSA) is 90.3 Å². The zero-order chi connectivity index (χ0) is 18.5. The predicted octanol–water partition coefficient (Wildman–Crippen LogP) is 2.20. The minimum atomic E-state index is -0.678. The second-order valence-corrected chi connectivity index (χ2v) is 6.43. The van der Waals surface area contributed by atoms with E-state index >= 15 is 0 Å². The van der Waals surface area contributed by atoms with Crippen molar-refractivity contribution in [3.63, 3.8) is 0 Å². The van der Waals surface area contributed by atoms with Crippen LogP contribution in [0.4, 0.5) is 5.69 Å². The van der Waals surface area contributed by atoms with Gasteiger partial charge in [-0.05, 0) is 29.5 Å². The Morgan fingerprint density at radius 3 is 2.88 bits per heavy atom. The monoisotopic (exact) mass is 371 g/mol. The number of fused-ring (bicyclic) bond motifs is 1. The molecule has 0 fully saturated rings. The fraction of sp³-hybridized carbons (Fsp3) is 0.222. The van der Waals surface area contributed by atoms with Crippen molar-refractivity contribution < 1.29 is 14.3 Å². The highest BCUT2D eigenvalue weighted by Gasteiger charge is 2.12. The first-order valence-corrected chi connectivity index (χ1v) is 8.92. The lowest BCUT2D eigenvalue weighted by atomic mass is 10.1. The lowest BCUT2D eigenvalue weighted by Gasteiger charge is -2.10. The largest absolute Gasteiger partial charge is 0.454 e. The summed E-state index contributed by atoms with van der Waals surface area (Å²) >= 11 is 1.35. The molecule has 2 aromatic heterocycles. The zero-order valence-corrected chi connectivity index (χ0v) is 14.9. The first-order chi connectivity index (χ1) is 12.6. The maximum atomic E-state index is 12.2. The molecule has 0 aliphatic heterocycles. The first-order valence-electron chi connectivity index (χ1n) is 8.04. The highest BCUT2D eigenvalue weighted by molar-refractivity contribution is 7.16. The van der Waals surface area contributed by atoms with E-state index in [-0.39, 0.29) is 12.1 Å². The first kappa shape index (κ1) is 17.8. The average Bonchev–Trinajstić information content (AvgIpc) is 3.12. The molecule has 3 rings (SSSR count). The molecule has 1 amide bonds. The van der Waals surface area contributed by atoms with Crippen LogP contribution in [0.25, 0.3) is 10.2 Å². The molecule has 0 aliphatic rings. The number of carbonyl (C=O) groups is 2. The van der Waals surface area contributed by atoms with Crippen molar-refractivity contribution in [1.82, 2.24) is 9.55 Å². The number of carbonyl (C=O) groups excluding carboxylic acids is 2. The summed E-state index contributed by atoms with van der Waals surface area (Å²) in [5.74, 6) is -1.11. The Hall–Kier alpha value is -3.00. The number of para-hydroxylation sites is 1. The van der Waals surface area contributed by atoms with Crippen LogP contribution in [-0.2, 0) is 27.3 Å². The van der Waals surface area contributed by atoms with Crippen LogP contribution in [0.1, 0.15) is 12.5 Å². The highest BCUT2D eigenvalue weighted by atomic mass is 32.1. The average molecular weight is 371 g/mol. The molecule has 0 saturated carbocycles. The van der Waals surface area contributed by atoms with E-state index in [2.05, 4.69) is 10.3 Å². The minimum Gasteiger partial charge on any atom is -0.454 e. The Kier molecular flexibility index (Phi) is 5.43. The van der Waals surface area contributed by atoms with Gasteiger partial charge in [0.25, 0.3) is 11.5 Å². The van der Waals surface area contributed by atoms with Crippen molar-refractivity contribution in [3.05, 3.63) is 58.0 Å². The number of aromatic nitrogens is 2. The van der Waals surface area contributed by atoms with Crippen LogP contribution >= 0.6 is 11.3 Å². The predicted molar refractivity (Wildman–Crippen MR) is 99.3 cm³/mol. The third-order valence-corrected chi connectivity index (χ3v) is 4.61. The smallest absolute Gasteiger partial charge is 0.326 e. The molecule has 0 spiro atoms. The van der Waals surface area contributed by atoms with Crippen LogP contribution in [0.2, 0.25) is 0 Å². The number of hydrogen-bond donors (Lipinski definition) is 1. The molecule has 0 aliphatic carbocycles. The summed E-state index contributed by atoms with van der Waals surface area (Å²) < 4.78 is 6.13. The van der Waals surface area contributed by atoms with Gasteiger partial charge in [0.2, 0.25) is 0 Å². The van der Waals surface area contributed by atoms with Gasteiger partial charge in [0, 0.05) is 5.69 Å². The molecule has 3 aromatic rings. The molecule has 0 unspecified atom stereocenters. The van der Waals surface area contributed by atoms with Gasteiger partial charge in [-0.2, -0.15) is 0 Å². The maximum absolute atomic E-state index is 12.2. The number of amides is 1. The number of rotatable bonds is 6. The number of esters is 1. The summed E-state index contributed by atoms with van der Waals surface area (Å²) in [7, 11) is 0. The van der Waals surface area contributed by atoms with Crippen LogP contribution in [0.15, 0.2) is 46.8 Å². The van der Waals surface area contributed by atoms with Crippen molar-refractivity contribution in [2.24, 2.45) is 0 Å². The summed E-state index contributed by atoms with van der Waals surface area (Å²) in [4.78, 5) is 40.9. The van der Waals surface area contributed by atoms with Gasteiger partial charge in [0.15, 0.2) is 6.61 Å². The van der Waals surface area contributed by atoms with Gasteiger partial charge >= 0.3 is 5.97 Å². The molecule has 7 nitrogen and oxygen atoms in total. The van der Waals surface area contributed by atoms with E-state index in [1.807, 2.05) is 25.1 Å². The molecule has 1 N–H and O–H groups in total. The number of benzene rings is 1. The van der Waals surface area contributed by atoms with Gasteiger partial charge < -0.3 is 10.1 Å². The fourth-order valence-electron chi connectivity index (χ4n) is 2.47. The van der Waals surface area contributed by atoms with E-state index in [1.54, 1.807) is 17.5 Å². The number of aryl methyl sites for hydroxylation is 1. The molecule has 0 radical (unpaired) electrons. The van der Waals surface area contributed by atoms with Gasteiger partial charge in [-0.3, -0.25) is 19.0 Å². The third kappa shape index (κ3) is 3.97. The van der Waals surface area contributed by atoms with E-state index in [0.717, 1.165) is 12.0 Å². The number of thiophene rings is 1. The Balaban J connectivity index is 1.57. The Morgan fingerprint density at radius 2 is 2.08 bits per heavy atom. The molecule has 8 heteroatoms. The van der Waals surface area contributed by atoms with Crippen LogP contribution < -0.4 is 10.9 Å². The number of anilines is 1. The summed E-state index contributed by atoms with van der Waals surface area (Å²) in [6, 6.07) is 9.09. The van der Waals surface area contributed by atoms with E-state index < -0.39 is 18.5 Å². The molecule has 0 saturated heterocycles. The third-order valence-electron chi connectivity index (χ3n) is 3.79. The van der Waals surface area contributed by atoms with E-state index in [0.29, 0.717) is 15.9 Å². The van der Waals surface area contributed by atoms with Gasteiger partial charge in [-0.15, -0.1) is 11.3 Å². The molecular formula is C18H17N3O4S. The summed E-state index contributed by atoms with van der Waals surface area (Å²) in [5, 5.41) is 4.94. The quantitative estimate of drug-likeness (QED) is 0.671. The number of hydrogen-bond acceptors (Lipinski definition) is 6. The summed E-state index contributed by atoms with van der Waals surface area (Å²) in [5.41, 5.74) is 1.38. The second-order valence-electron chi connectivity index (χ2n) is 5.54. The number of ether oxygens (including phenoxy) is 1. The molecule has 0 bridgehead atoms. The molecule has 134 valence electrons. The Bertz CT molecular complexity index is 1010. The van der Waals surface area contributed by atoms with E-state index in [9.17, 15) is 14.4 Å². The van der Waals surface area contributed by atoms with E-state index in [1.165, 1.54) is 22.2 Å². The van der Waals surface area contributed by atoms with Gasteiger partial charge in [0.05, 0.1) is 11.7 Å². The van der Waals surface area contributed by atoms with E-state index in [4.69, 9.17) is 4.74 Å². The fourth-order valence-corrected chi connectivity index (χ4v) is 3.20. The molecule has 0 atom stereocenters. The van der Waals surface area contributed by atoms with Gasteiger partial charge in [-0.1, -0.05) is 25.1 Å². The van der Waals surface area contributed by atoms with Crippen molar-refractivity contribution >= 4 is 39.1 Å². The van der Waals surface area contributed by atoms with Crippen molar-refractivity contribution in [3.8, 4) is 0 Å². The molecule has 1 aromatic carbocycles. The molecule has 26 heavy (non-hydrogen) atoms. The van der Waals surface area contributed by atoms with Crippen molar-refractivity contribution in [1.29, 1.82) is 0 Å². The highest BCUT2D eigenvalue weighted by Crippen LogP contribution is 2.15. The standard InChI is InChI=1S/C18H17N3O4S/c1-2-12-5-3-4-6-14(12)20-15(22)10-25-16(23)9-21-11-19-17-13(18(21)24)7-8-26-17/h3-8,11H,2,9-10H2,1H3,(H,20,22). The maximum Gasteiger partial charge on any atom is 0.326 e. The lowest BCUT2D eigenvalue weighted by molar-refractivity contribution is -0.147. The Morgan fingerprint density at radius 1 is 1.27 bits per heavy atom. The van der Waals surface area contributed by atoms with Crippen molar-refractivity contribution in [2.45, 2.75) is 19.9 Å². The normalized spacial score (nSPS) is 10.7. The number of nitrogens with zero attached hydrogens (tertiary/aromatic N) is 2. The van der Waals surface area contributed by atoms with Crippen LogP contribution in [0, 0.1) is 0 Å². The SMILES string of the molecule is CCc1ccccc1NC(=O)COC(=O)Cn1cnc2sccc2c1=O. The van der Waals surface area contributed by atoms with Gasteiger partial charge in [0.1, 0.15) is 11.4 Å². The summed E-state index contributed by atoms with van der Waals surface area (Å²) in [6.07, 6.45) is 2.08. The van der Waals surface area contributed by atoms with Crippen LogP contribution in [0.5, 0.6) is 0 Å². The molecular weight excluding hydrogens is 354 g/mol. The van der Waals surface area contributed by atoms with Crippen molar-refractivity contribution in [2.75, 3.05) is 11.9 Å². The lowest BCUT2D eigenvalue weighted by Crippen LogP contribution is -2.27. The minimum absolute atomic E-state index is 0.295. The van der Waals surface area contributed by atoms with Crippen LogP contribution in [0.3, 0.4) is 0 Å².